The molecule has 1 aromatic heterocycles. The molecule has 0 saturated carbocycles. The maximum Gasteiger partial charge on any atom is 0.416 e. The second-order valence-electron chi connectivity index (χ2n) is 5.36. The van der Waals surface area contributed by atoms with Crippen LogP contribution in [0.25, 0.3) is 0 Å². The normalized spacial score (nSPS) is 13.9. The Morgan fingerprint density at radius 3 is 2.35 bits per heavy atom. The number of nitrogens with zero attached hydrogens (tertiary/aromatic N) is 1. The fourth-order valence-corrected chi connectivity index (χ4v) is 2.75. The largest absolute Gasteiger partial charge is 0.424 e. The molecule has 1 aliphatic rings. The zero-order valence-electron chi connectivity index (χ0n) is 12.3. The highest BCUT2D eigenvalue weighted by Gasteiger charge is 2.33. The zero-order valence-corrected chi connectivity index (χ0v) is 12.3. The molecular formula is C16H12F3NO3. The van der Waals surface area contributed by atoms with Crippen LogP contribution in [0.15, 0.2) is 24.3 Å². The lowest BCUT2D eigenvalue weighted by molar-refractivity contribution is -0.137. The minimum absolute atomic E-state index is 0.0764. The number of aromatic nitrogens is 1. The Kier molecular flexibility index (Phi) is 3.31. The number of benzene rings is 1. The van der Waals surface area contributed by atoms with E-state index in [9.17, 15) is 22.8 Å². The van der Waals surface area contributed by atoms with Crippen LogP contribution in [0.2, 0.25) is 0 Å². The average molecular weight is 323 g/mol. The summed E-state index contributed by atoms with van der Waals surface area (Å²) in [5, 5.41) is 0. The fraction of sp³-hybridized carbons (Fsp3) is 0.250. The lowest BCUT2D eigenvalue weighted by Gasteiger charge is -2.09. The molecule has 1 aromatic carbocycles. The maximum absolute atomic E-state index is 12.6. The molecule has 2 aromatic rings. The van der Waals surface area contributed by atoms with Gasteiger partial charge in [-0.2, -0.15) is 13.2 Å². The fourth-order valence-electron chi connectivity index (χ4n) is 2.75. The Labute approximate surface area is 129 Å². The highest BCUT2D eigenvalue weighted by atomic mass is 19.4. The van der Waals surface area contributed by atoms with E-state index in [0.717, 1.165) is 24.3 Å². The van der Waals surface area contributed by atoms with Gasteiger partial charge in [0.2, 0.25) is 5.78 Å². The molecule has 0 spiro atoms. The van der Waals surface area contributed by atoms with Gasteiger partial charge in [0.05, 0.1) is 23.4 Å². The minimum Gasteiger partial charge on any atom is -0.424 e. The molecule has 23 heavy (non-hydrogen) atoms. The summed E-state index contributed by atoms with van der Waals surface area (Å²) in [5.41, 5.74) is 0.754. The molecule has 120 valence electrons. The van der Waals surface area contributed by atoms with E-state index in [2.05, 4.69) is 0 Å². The number of carbonyl (C=O) groups is 2. The SMILES string of the molecule is Cc1c2c(n(C)c1C(=O)c1ccc(C(F)(F)F)cc1)CC(=O)O2. The Bertz CT molecular complexity index is 785. The molecule has 1 aliphatic heterocycles. The molecule has 0 N–H and O–H groups in total. The number of hydrogen-bond donors (Lipinski definition) is 0. The van der Waals surface area contributed by atoms with Crippen molar-refractivity contribution in [2.45, 2.75) is 19.5 Å². The number of rotatable bonds is 2. The smallest absolute Gasteiger partial charge is 0.416 e. The van der Waals surface area contributed by atoms with Crippen LogP contribution in [-0.4, -0.2) is 16.3 Å². The van der Waals surface area contributed by atoms with Gasteiger partial charge < -0.3 is 9.30 Å². The molecule has 2 heterocycles. The van der Waals surface area contributed by atoms with Gasteiger partial charge in [-0.1, -0.05) is 12.1 Å². The molecule has 0 unspecified atom stereocenters. The lowest BCUT2D eigenvalue weighted by Crippen LogP contribution is -2.13. The molecule has 3 rings (SSSR count). The van der Waals surface area contributed by atoms with Crippen LogP contribution in [0.4, 0.5) is 13.2 Å². The lowest BCUT2D eigenvalue weighted by atomic mass is 10.0. The van der Waals surface area contributed by atoms with Crippen molar-refractivity contribution in [3.05, 3.63) is 52.3 Å². The van der Waals surface area contributed by atoms with Crippen molar-refractivity contribution >= 4 is 11.8 Å². The van der Waals surface area contributed by atoms with Gasteiger partial charge in [0.25, 0.3) is 0 Å². The topological polar surface area (TPSA) is 48.3 Å². The zero-order chi connectivity index (χ0) is 16.9. The molecule has 0 fully saturated rings. The van der Waals surface area contributed by atoms with E-state index in [1.807, 2.05) is 0 Å². The van der Waals surface area contributed by atoms with E-state index in [1.165, 1.54) is 0 Å². The maximum atomic E-state index is 12.6. The Morgan fingerprint density at radius 1 is 1.22 bits per heavy atom. The van der Waals surface area contributed by atoms with E-state index in [0.29, 0.717) is 22.7 Å². The first-order valence-electron chi connectivity index (χ1n) is 6.81. The van der Waals surface area contributed by atoms with Crippen molar-refractivity contribution in [2.24, 2.45) is 7.05 Å². The Morgan fingerprint density at radius 2 is 1.83 bits per heavy atom. The number of carbonyl (C=O) groups excluding carboxylic acids is 2. The molecular weight excluding hydrogens is 311 g/mol. The Hall–Kier alpha value is -2.57. The number of ketones is 1. The highest BCUT2D eigenvalue weighted by molar-refractivity contribution is 6.10. The predicted molar refractivity (Wildman–Crippen MR) is 74.4 cm³/mol. The number of halogens is 3. The summed E-state index contributed by atoms with van der Waals surface area (Å²) < 4.78 is 44.4. The Balaban J connectivity index is 1.99. The van der Waals surface area contributed by atoms with E-state index in [-0.39, 0.29) is 18.0 Å². The third-order valence-electron chi connectivity index (χ3n) is 3.92. The second kappa shape index (κ2) is 4.97. The van der Waals surface area contributed by atoms with Crippen LogP contribution in [0.5, 0.6) is 5.75 Å². The number of ether oxygens (including phenoxy) is 1. The molecule has 0 aliphatic carbocycles. The van der Waals surface area contributed by atoms with Crippen LogP contribution < -0.4 is 4.74 Å². The van der Waals surface area contributed by atoms with Gasteiger partial charge in [0.1, 0.15) is 0 Å². The third-order valence-corrected chi connectivity index (χ3v) is 3.92. The van der Waals surface area contributed by atoms with E-state index in [4.69, 9.17) is 4.74 Å². The van der Waals surface area contributed by atoms with Gasteiger partial charge in [-0.05, 0) is 19.1 Å². The summed E-state index contributed by atoms with van der Waals surface area (Å²) in [6, 6.07) is 4.04. The molecule has 0 amide bonds. The number of alkyl halides is 3. The summed E-state index contributed by atoms with van der Waals surface area (Å²) in [4.78, 5) is 23.9. The number of esters is 1. The molecule has 7 heteroatoms. The average Bonchev–Trinajstić information content (AvgIpc) is 2.97. The highest BCUT2D eigenvalue weighted by Crippen LogP contribution is 2.35. The summed E-state index contributed by atoms with van der Waals surface area (Å²) >= 11 is 0. The summed E-state index contributed by atoms with van der Waals surface area (Å²) in [6.45, 7) is 1.65. The van der Waals surface area contributed by atoms with E-state index in [1.54, 1.807) is 18.5 Å². The first-order chi connectivity index (χ1) is 10.7. The van der Waals surface area contributed by atoms with Crippen molar-refractivity contribution in [3.8, 4) is 5.75 Å². The van der Waals surface area contributed by atoms with Crippen LogP contribution in [0.3, 0.4) is 0 Å². The first kappa shape index (κ1) is 15.3. The molecule has 0 radical (unpaired) electrons. The van der Waals surface area contributed by atoms with E-state index >= 15 is 0 Å². The van der Waals surface area contributed by atoms with E-state index < -0.39 is 17.5 Å². The van der Waals surface area contributed by atoms with Crippen LogP contribution in [0.1, 0.15) is 32.9 Å². The molecule has 0 bridgehead atoms. The van der Waals surface area contributed by atoms with Crippen molar-refractivity contribution in [1.29, 1.82) is 0 Å². The third kappa shape index (κ3) is 2.42. The first-order valence-corrected chi connectivity index (χ1v) is 6.81. The van der Waals surface area contributed by atoms with Gasteiger partial charge in [0, 0.05) is 18.2 Å². The standard InChI is InChI=1S/C16H12F3NO3/c1-8-13(20(2)11-7-12(21)23-15(8)11)14(22)9-3-5-10(6-4-9)16(17,18)19/h3-6H,7H2,1-2H3. The summed E-state index contributed by atoms with van der Waals surface area (Å²) in [6.07, 6.45) is -4.37. The van der Waals surface area contributed by atoms with Gasteiger partial charge in [-0.25, -0.2) is 0 Å². The van der Waals surface area contributed by atoms with Crippen LogP contribution in [-0.2, 0) is 24.4 Å². The quantitative estimate of drug-likeness (QED) is 0.630. The second-order valence-corrected chi connectivity index (χ2v) is 5.36. The molecule has 4 nitrogen and oxygen atoms in total. The number of hydrogen-bond acceptors (Lipinski definition) is 3. The van der Waals surface area contributed by atoms with Crippen molar-refractivity contribution in [1.82, 2.24) is 4.57 Å². The monoisotopic (exact) mass is 323 g/mol. The predicted octanol–water partition coefficient (Wildman–Crippen LogP) is 3.04. The van der Waals surface area contributed by atoms with Crippen molar-refractivity contribution in [2.75, 3.05) is 0 Å². The van der Waals surface area contributed by atoms with Crippen molar-refractivity contribution < 1.29 is 27.5 Å². The molecule has 0 saturated heterocycles. The van der Waals surface area contributed by atoms with Gasteiger partial charge in [-0.3, -0.25) is 9.59 Å². The summed E-state index contributed by atoms with van der Waals surface area (Å²) in [7, 11) is 1.63. The van der Waals surface area contributed by atoms with Gasteiger partial charge >= 0.3 is 12.1 Å². The minimum atomic E-state index is -4.45. The van der Waals surface area contributed by atoms with Gasteiger partial charge in [0.15, 0.2) is 5.75 Å². The van der Waals surface area contributed by atoms with Crippen LogP contribution in [0, 0.1) is 6.92 Å². The molecule has 0 atom stereocenters. The number of fused-ring (bicyclic) bond motifs is 1. The van der Waals surface area contributed by atoms with Crippen LogP contribution >= 0.6 is 0 Å². The summed E-state index contributed by atoms with van der Waals surface area (Å²) in [5.74, 6) is -0.431. The van der Waals surface area contributed by atoms with Crippen molar-refractivity contribution in [3.63, 3.8) is 0 Å². The van der Waals surface area contributed by atoms with Gasteiger partial charge in [-0.15, -0.1) is 0 Å².